The largest absolute Gasteiger partial charge is 0.451 e. The lowest BCUT2D eigenvalue weighted by Crippen LogP contribution is -2.45. The van der Waals surface area contributed by atoms with Gasteiger partial charge in [0.2, 0.25) is 11.6 Å². The molecule has 4 rings (SSSR count). The van der Waals surface area contributed by atoms with Crippen LogP contribution in [-0.4, -0.2) is 47.3 Å². The third-order valence-electron chi connectivity index (χ3n) is 4.72. The van der Waals surface area contributed by atoms with Gasteiger partial charge in [-0.1, -0.05) is 44.2 Å². The van der Waals surface area contributed by atoms with Crippen LogP contribution in [0.25, 0.3) is 11.4 Å². The Labute approximate surface area is 163 Å². The first-order chi connectivity index (χ1) is 13.8. The summed E-state index contributed by atoms with van der Waals surface area (Å²) in [5.41, 5.74) is 0.846. The van der Waals surface area contributed by atoms with Gasteiger partial charge in [0.15, 0.2) is 11.6 Å². The summed E-state index contributed by atoms with van der Waals surface area (Å²) >= 11 is 0. The van der Waals surface area contributed by atoms with E-state index in [1.54, 1.807) is 9.78 Å². The highest BCUT2D eigenvalue weighted by Gasteiger charge is 2.40. The van der Waals surface area contributed by atoms with Crippen molar-refractivity contribution in [2.45, 2.75) is 32.6 Å². The lowest BCUT2D eigenvalue weighted by Gasteiger charge is -2.36. The summed E-state index contributed by atoms with van der Waals surface area (Å²) in [7, 11) is 0. The number of aromatic nitrogens is 6. The Morgan fingerprint density at radius 2 is 1.90 bits per heavy atom. The van der Waals surface area contributed by atoms with E-state index in [1.165, 1.54) is 4.90 Å². The first-order valence-corrected chi connectivity index (χ1v) is 9.06. The predicted molar refractivity (Wildman–Crippen MR) is 95.5 cm³/mol. The number of carbonyl (C=O) groups is 1. The zero-order valence-electron chi connectivity index (χ0n) is 15.7. The fourth-order valence-corrected chi connectivity index (χ4v) is 3.43. The number of rotatable bonds is 3. The summed E-state index contributed by atoms with van der Waals surface area (Å²) in [5.74, 6) is -1.41. The van der Waals surface area contributed by atoms with Crippen LogP contribution in [0.1, 0.15) is 42.2 Å². The number of amides is 1. The standard InChI is InChI=1S/C18H18F3N7O/c1-10(2)12-15-22-13(11-6-4-3-5-7-11)26-28(15)9-8-27(12)16(29)14-23-17(25-24-14)18(19,20)21/h3-7,10,12H,8-9H2,1-2H3,(H,23,24,25)/t12-/m0/s1. The van der Waals surface area contributed by atoms with E-state index in [0.29, 0.717) is 18.2 Å². The quantitative estimate of drug-likeness (QED) is 0.723. The molecule has 0 spiro atoms. The Bertz CT molecular complexity index is 1030. The number of hydrogen-bond donors (Lipinski definition) is 1. The van der Waals surface area contributed by atoms with Gasteiger partial charge in [0.25, 0.3) is 5.91 Å². The molecule has 8 nitrogen and oxygen atoms in total. The number of aromatic amines is 1. The average molecular weight is 405 g/mol. The minimum absolute atomic E-state index is 0.0492. The molecule has 0 radical (unpaired) electrons. The zero-order valence-corrected chi connectivity index (χ0v) is 15.7. The van der Waals surface area contributed by atoms with Crippen molar-refractivity contribution in [1.82, 2.24) is 34.8 Å². The molecular formula is C18H18F3N7O. The molecule has 1 aromatic carbocycles. The Balaban J connectivity index is 1.67. The zero-order chi connectivity index (χ0) is 20.8. The Kier molecular flexibility index (Phi) is 4.59. The van der Waals surface area contributed by atoms with E-state index in [9.17, 15) is 18.0 Å². The number of alkyl halides is 3. The number of benzene rings is 1. The molecule has 0 saturated heterocycles. The summed E-state index contributed by atoms with van der Waals surface area (Å²) in [4.78, 5) is 22.3. The van der Waals surface area contributed by atoms with Crippen molar-refractivity contribution in [3.8, 4) is 11.4 Å². The molecule has 3 heterocycles. The molecule has 0 bridgehead atoms. The molecule has 0 unspecified atom stereocenters. The van der Waals surface area contributed by atoms with Gasteiger partial charge in [-0.3, -0.25) is 9.89 Å². The molecule has 1 amide bonds. The highest BCUT2D eigenvalue weighted by Crippen LogP contribution is 2.33. The maximum Gasteiger partial charge on any atom is 0.451 e. The number of nitrogens with zero attached hydrogens (tertiary/aromatic N) is 6. The number of halogens is 3. The lowest BCUT2D eigenvalue weighted by atomic mass is 9.99. The molecule has 2 aromatic heterocycles. The molecule has 3 aromatic rings. The van der Waals surface area contributed by atoms with Crippen molar-refractivity contribution in [2.24, 2.45) is 5.92 Å². The highest BCUT2D eigenvalue weighted by atomic mass is 19.4. The van der Waals surface area contributed by atoms with Crippen molar-refractivity contribution in [3.05, 3.63) is 47.8 Å². The van der Waals surface area contributed by atoms with Crippen LogP contribution in [0.5, 0.6) is 0 Å². The number of H-pyrrole nitrogens is 1. The first kappa shape index (κ1) is 19.1. The topological polar surface area (TPSA) is 92.6 Å². The third kappa shape index (κ3) is 3.47. The Hall–Kier alpha value is -3.24. The molecule has 0 fully saturated rings. The predicted octanol–water partition coefficient (Wildman–Crippen LogP) is 2.94. The van der Waals surface area contributed by atoms with Gasteiger partial charge < -0.3 is 4.90 Å². The monoisotopic (exact) mass is 405 g/mol. The summed E-state index contributed by atoms with van der Waals surface area (Å²) < 4.78 is 40.1. The van der Waals surface area contributed by atoms with Crippen molar-refractivity contribution in [1.29, 1.82) is 0 Å². The van der Waals surface area contributed by atoms with E-state index in [2.05, 4.69) is 20.2 Å². The van der Waals surface area contributed by atoms with Crippen LogP contribution in [0.15, 0.2) is 30.3 Å². The maximum atomic E-state index is 12.9. The fraction of sp³-hybridized carbons (Fsp3) is 0.389. The van der Waals surface area contributed by atoms with E-state index < -0.39 is 29.8 Å². The molecule has 0 aliphatic carbocycles. The molecule has 1 aliphatic heterocycles. The van der Waals surface area contributed by atoms with Gasteiger partial charge in [-0.15, -0.1) is 5.10 Å². The number of nitrogens with one attached hydrogen (secondary N) is 1. The van der Waals surface area contributed by atoms with E-state index >= 15 is 0 Å². The summed E-state index contributed by atoms with van der Waals surface area (Å²) in [6, 6.07) is 8.97. The van der Waals surface area contributed by atoms with Gasteiger partial charge in [0.1, 0.15) is 0 Å². The Morgan fingerprint density at radius 3 is 2.52 bits per heavy atom. The lowest BCUT2D eigenvalue weighted by molar-refractivity contribution is -0.144. The smallest absolute Gasteiger partial charge is 0.323 e. The van der Waals surface area contributed by atoms with Gasteiger partial charge in [-0.05, 0) is 5.92 Å². The van der Waals surface area contributed by atoms with Crippen LogP contribution in [-0.2, 0) is 12.7 Å². The van der Waals surface area contributed by atoms with Crippen molar-refractivity contribution < 1.29 is 18.0 Å². The van der Waals surface area contributed by atoms with Crippen LogP contribution in [0.4, 0.5) is 13.2 Å². The Morgan fingerprint density at radius 1 is 1.17 bits per heavy atom. The SMILES string of the molecule is CC(C)[C@H]1c2nc(-c3ccccc3)nn2CCN1C(=O)c1n[nH]c(C(F)(F)F)n1. The van der Waals surface area contributed by atoms with E-state index in [-0.39, 0.29) is 12.5 Å². The van der Waals surface area contributed by atoms with Crippen LogP contribution >= 0.6 is 0 Å². The van der Waals surface area contributed by atoms with Crippen LogP contribution in [0.3, 0.4) is 0 Å². The third-order valence-corrected chi connectivity index (χ3v) is 4.72. The van der Waals surface area contributed by atoms with Gasteiger partial charge >= 0.3 is 6.18 Å². The van der Waals surface area contributed by atoms with Crippen molar-refractivity contribution in [2.75, 3.05) is 6.54 Å². The second-order valence-corrected chi connectivity index (χ2v) is 7.08. The van der Waals surface area contributed by atoms with Crippen LogP contribution in [0, 0.1) is 5.92 Å². The van der Waals surface area contributed by atoms with Gasteiger partial charge in [-0.2, -0.15) is 23.3 Å². The summed E-state index contributed by atoms with van der Waals surface area (Å²) in [6.45, 7) is 4.47. The minimum Gasteiger partial charge on any atom is -0.323 e. The maximum absolute atomic E-state index is 12.9. The number of hydrogen-bond acceptors (Lipinski definition) is 5. The molecule has 1 aliphatic rings. The van der Waals surface area contributed by atoms with Crippen LogP contribution < -0.4 is 0 Å². The normalized spacial score (nSPS) is 16.9. The van der Waals surface area contributed by atoms with Crippen LogP contribution in [0.2, 0.25) is 0 Å². The van der Waals surface area contributed by atoms with E-state index in [1.807, 2.05) is 44.2 Å². The van der Waals surface area contributed by atoms with Crippen molar-refractivity contribution in [3.63, 3.8) is 0 Å². The fourth-order valence-electron chi connectivity index (χ4n) is 3.43. The number of carbonyl (C=O) groups excluding carboxylic acids is 1. The molecule has 152 valence electrons. The van der Waals surface area contributed by atoms with Gasteiger partial charge in [-0.25, -0.2) is 9.67 Å². The average Bonchev–Trinajstić information content (AvgIpc) is 3.34. The minimum atomic E-state index is -4.70. The van der Waals surface area contributed by atoms with Gasteiger partial charge in [0, 0.05) is 12.1 Å². The molecule has 1 atom stereocenters. The summed E-state index contributed by atoms with van der Waals surface area (Å²) in [5, 5.41) is 9.80. The van der Waals surface area contributed by atoms with E-state index in [0.717, 1.165) is 5.56 Å². The molecule has 0 saturated carbocycles. The second-order valence-electron chi connectivity index (χ2n) is 7.08. The first-order valence-electron chi connectivity index (χ1n) is 9.06. The highest BCUT2D eigenvalue weighted by molar-refractivity contribution is 5.90. The van der Waals surface area contributed by atoms with E-state index in [4.69, 9.17) is 0 Å². The summed E-state index contributed by atoms with van der Waals surface area (Å²) in [6.07, 6.45) is -4.70. The molecule has 1 N–H and O–H groups in total. The van der Waals surface area contributed by atoms with Gasteiger partial charge in [0.05, 0.1) is 12.6 Å². The van der Waals surface area contributed by atoms with Crippen molar-refractivity contribution >= 4 is 5.91 Å². The molecule has 11 heteroatoms. The second kappa shape index (κ2) is 6.98. The molecular weight excluding hydrogens is 387 g/mol. The number of fused-ring (bicyclic) bond motifs is 1. The molecule has 29 heavy (non-hydrogen) atoms.